The van der Waals surface area contributed by atoms with E-state index < -0.39 is 16.2 Å². The van der Waals surface area contributed by atoms with E-state index in [4.69, 9.17) is 4.74 Å². The van der Waals surface area contributed by atoms with Crippen LogP contribution in [0, 0.1) is 6.92 Å². The lowest BCUT2D eigenvalue weighted by atomic mass is 9.86. The lowest BCUT2D eigenvalue weighted by molar-refractivity contribution is 0.0968. The molecule has 0 spiro atoms. The van der Waals surface area contributed by atoms with Gasteiger partial charge in [0.05, 0.1) is 23.3 Å². The smallest absolute Gasteiger partial charge is 0.262 e. The van der Waals surface area contributed by atoms with Gasteiger partial charge in [-0.2, -0.15) is 0 Å². The minimum atomic E-state index is -4.02. The minimum absolute atomic E-state index is 0.00286. The fourth-order valence-electron chi connectivity index (χ4n) is 5.89. The molecule has 1 N–H and O–H groups in total. The molecule has 1 aliphatic rings. The van der Waals surface area contributed by atoms with E-state index in [0.717, 1.165) is 22.4 Å². The average Bonchev–Trinajstić information content (AvgIpc) is 3.06. The summed E-state index contributed by atoms with van der Waals surface area (Å²) in [5.41, 5.74) is 6.33. The first kappa shape index (κ1) is 31.9. The predicted molar refractivity (Wildman–Crippen MR) is 189 cm³/mol. The van der Waals surface area contributed by atoms with Gasteiger partial charge >= 0.3 is 0 Å². The summed E-state index contributed by atoms with van der Waals surface area (Å²) in [4.78, 5) is 18.7. The van der Waals surface area contributed by atoms with Crippen LogP contribution in [0.4, 0.5) is 17.1 Å². The Labute approximate surface area is 277 Å². The lowest BCUT2D eigenvalue weighted by Gasteiger charge is -2.46. The van der Waals surface area contributed by atoms with Crippen molar-refractivity contribution < 1.29 is 17.9 Å². The van der Waals surface area contributed by atoms with Gasteiger partial charge in [-0.15, -0.1) is 0 Å². The summed E-state index contributed by atoms with van der Waals surface area (Å²) in [5, 5.41) is 0. The van der Waals surface area contributed by atoms with Crippen LogP contribution in [0.1, 0.15) is 59.5 Å². The molecule has 0 saturated carbocycles. The third-order valence-electron chi connectivity index (χ3n) is 8.50. The zero-order valence-corrected chi connectivity index (χ0v) is 28.1. The first-order valence-corrected chi connectivity index (χ1v) is 17.0. The van der Waals surface area contributed by atoms with Crippen molar-refractivity contribution in [3.8, 4) is 5.75 Å². The predicted octanol–water partition coefficient (Wildman–Crippen LogP) is 8.47. The Morgan fingerprint density at radius 1 is 0.809 bits per heavy atom. The van der Waals surface area contributed by atoms with Gasteiger partial charge in [0.25, 0.3) is 15.9 Å². The molecule has 0 radical (unpaired) electrons. The van der Waals surface area contributed by atoms with Gasteiger partial charge in [0.1, 0.15) is 11.9 Å². The number of nitrogens with zero attached hydrogens (tertiary/aromatic N) is 2. The van der Waals surface area contributed by atoms with Gasteiger partial charge in [-0.25, -0.2) is 8.42 Å². The maximum Gasteiger partial charge on any atom is 0.262 e. The van der Waals surface area contributed by atoms with E-state index in [9.17, 15) is 13.2 Å². The average molecular weight is 646 g/mol. The molecular weight excluding hydrogens is 607 g/mol. The van der Waals surface area contributed by atoms with Crippen molar-refractivity contribution in [3.63, 3.8) is 0 Å². The van der Waals surface area contributed by atoms with Crippen molar-refractivity contribution in [2.75, 3.05) is 21.6 Å². The number of nitrogens with one attached hydrogen (secondary N) is 1. The molecule has 240 valence electrons. The molecule has 0 aromatic heterocycles. The van der Waals surface area contributed by atoms with E-state index in [1.165, 1.54) is 11.6 Å². The molecule has 8 heteroatoms. The minimum Gasteiger partial charge on any atom is -0.497 e. The van der Waals surface area contributed by atoms with Gasteiger partial charge in [-0.05, 0) is 83.6 Å². The zero-order chi connectivity index (χ0) is 33.3. The van der Waals surface area contributed by atoms with Crippen molar-refractivity contribution in [2.45, 2.75) is 50.7 Å². The number of methoxy groups -OCH3 is 1. The van der Waals surface area contributed by atoms with E-state index in [1.54, 1.807) is 48.4 Å². The first-order valence-electron chi connectivity index (χ1n) is 15.6. The van der Waals surface area contributed by atoms with Gasteiger partial charge in [0.2, 0.25) is 0 Å². The monoisotopic (exact) mass is 645 g/mol. The number of carbonyl (C=O) groups is 1. The molecule has 1 aliphatic heterocycles. The van der Waals surface area contributed by atoms with Gasteiger partial charge in [0.15, 0.2) is 0 Å². The first-order chi connectivity index (χ1) is 22.4. The Balaban J connectivity index is 1.50. The van der Waals surface area contributed by atoms with E-state index in [1.807, 2.05) is 49.4 Å². The van der Waals surface area contributed by atoms with E-state index in [0.29, 0.717) is 29.2 Å². The second-order valence-electron chi connectivity index (χ2n) is 12.9. The molecule has 5 aromatic rings. The number of sulfonamides is 1. The number of hydrogen-bond acceptors (Lipinski definition) is 5. The molecule has 1 heterocycles. The molecule has 7 nitrogen and oxygen atoms in total. The highest BCUT2D eigenvalue weighted by atomic mass is 32.2. The van der Waals surface area contributed by atoms with Crippen molar-refractivity contribution in [2.24, 2.45) is 0 Å². The maximum absolute atomic E-state index is 14.7. The Hall–Kier alpha value is -5.08. The quantitative estimate of drug-likeness (QED) is 0.183. The van der Waals surface area contributed by atoms with Crippen LogP contribution in [-0.2, 0) is 22.0 Å². The van der Waals surface area contributed by atoms with Crippen LogP contribution >= 0.6 is 0 Å². The molecule has 47 heavy (non-hydrogen) atoms. The normalized spacial score (nSPS) is 14.9. The van der Waals surface area contributed by atoms with Crippen LogP contribution in [0.5, 0.6) is 5.75 Å². The third-order valence-corrected chi connectivity index (χ3v) is 9.88. The maximum atomic E-state index is 14.7. The van der Waals surface area contributed by atoms with Crippen LogP contribution in [0.15, 0.2) is 126 Å². The highest BCUT2D eigenvalue weighted by Gasteiger charge is 2.40. The second kappa shape index (κ2) is 12.6. The van der Waals surface area contributed by atoms with Gasteiger partial charge in [-0.1, -0.05) is 93.1 Å². The SMILES string of the molecule is COc1ccc(NS(=O)(=O)c2ccc3c(c2)C(=O)N(c2ccc(C)cc2)[C@@H](c2ccc(C(C)(C)C)cc2)N3Cc2ccccc2)cc1. The third kappa shape index (κ3) is 6.60. The number of rotatable bonds is 8. The number of ether oxygens (including phenoxy) is 1. The molecule has 0 saturated heterocycles. The number of hydrogen-bond donors (Lipinski definition) is 1. The summed E-state index contributed by atoms with van der Waals surface area (Å²) in [6, 6.07) is 37.8. The van der Waals surface area contributed by atoms with Gasteiger partial charge in [0, 0.05) is 17.9 Å². The molecule has 0 bridgehead atoms. The van der Waals surface area contributed by atoms with Crippen LogP contribution in [-0.4, -0.2) is 21.4 Å². The van der Waals surface area contributed by atoms with E-state index >= 15 is 0 Å². The highest BCUT2D eigenvalue weighted by molar-refractivity contribution is 7.92. The molecule has 5 aromatic carbocycles. The largest absolute Gasteiger partial charge is 0.497 e. The molecule has 6 rings (SSSR count). The van der Waals surface area contributed by atoms with Crippen LogP contribution in [0.25, 0.3) is 0 Å². The number of amides is 1. The van der Waals surface area contributed by atoms with Crippen molar-refractivity contribution in [1.29, 1.82) is 0 Å². The van der Waals surface area contributed by atoms with Crippen LogP contribution < -0.4 is 19.3 Å². The Bertz CT molecular complexity index is 1990. The fourth-order valence-corrected chi connectivity index (χ4v) is 6.97. The zero-order valence-electron chi connectivity index (χ0n) is 27.3. The van der Waals surface area contributed by atoms with Gasteiger partial charge in [-0.3, -0.25) is 14.4 Å². The van der Waals surface area contributed by atoms with Crippen molar-refractivity contribution >= 4 is 33.0 Å². The summed E-state index contributed by atoms with van der Waals surface area (Å²) < 4.78 is 35.1. The number of anilines is 3. The molecule has 0 fully saturated rings. The summed E-state index contributed by atoms with van der Waals surface area (Å²) in [6.07, 6.45) is -0.494. The number of aryl methyl sites for hydroxylation is 1. The van der Waals surface area contributed by atoms with E-state index in [-0.39, 0.29) is 16.2 Å². The number of carbonyl (C=O) groups excluding carboxylic acids is 1. The molecule has 1 atom stereocenters. The Morgan fingerprint density at radius 2 is 1.47 bits per heavy atom. The molecule has 0 aliphatic carbocycles. The number of fused-ring (bicyclic) bond motifs is 1. The molecule has 0 unspecified atom stereocenters. The molecule has 1 amide bonds. The Kier molecular flexibility index (Phi) is 8.55. The standard InChI is InChI=1S/C39H39N3O4S/c1-27-11-19-32(20-12-27)42-37(29-13-15-30(16-14-29)39(2,3)4)41(26-28-9-7-6-8-10-28)36-24-23-34(25-35(36)38(42)43)47(44,45)40-31-17-21-33(46-5)22-18-31/h6-25,37,40H,26H2,1-5H3/t37-/m0/s1. The number of benzene rings is 5. The summed E-state index contributed by atoms with van der Waals surface area (Å²) >= 11 is 0. The Morgan fingerprint density at radius 3 is 2.09 bits per heavy atom. The topological polar surface area (TPSA) is 78.9 Å². The lowest BCUT2D eigenvalue weighted by Crippen LogP contribution is -2.49. The van der Waals surface area contributed by atoms with Crippen molar-refractivity contribution in [3.05, 3.63) is 149 Å². The summed E-state index contributed by atoms with van der Waals surface area (Å²) in [5.74, 6) is 0.337. The van der Waals surface area contributed by atoms with Gasteiger partial charge < -0.3 is 9.64 Å². The van der Waals surface area contributed by atoms with E-state index in [2.05, 4.69) is 66.8 Å². The summed E-state index contributed by atoms with van der Waals surface area (Å²) in [6.45, 7) is 9.04. The fraction of sp³-hybridized carbons (Fsp3) is 0.205. The second-order valence-corrected chi connectivity index (χ2v) is 14.6. The molecular formula is C39H39N3O4S. The summed E-state index contributed by atoms with van der Waals surface area (Å²) in [7, 11) is -2.47. The van der Waals surface area contributed by atoms with Crippen molar-refractivity contribution in [1.82, 2.24) is 0 Å². The van der Waals surface area contributed by atoms with Crippen LogP contribution in [0.2, 0.25) is 0 Å². The highest BCUT2D eigenvalue weighted by Crippen LogP contribution is 2.43. The van der Waals surface area contributed by atoms with Crippen LogP contribution in [0.3, 0.4) is 0 Å².